The lowest BCUT2D eigenvalue weighted by Crippen LogP contribution is -2.27. The molecule has 19 heavy (non-hydrogen) atoms. The van der Waals surface area contributed by atoms with Gasteiger partial charge in [0.2, 0.25) is 0 Å². The predicted octanol–water partition coefficient (Wildman–Crippen LogP) is 2.62. The lowest BCUT2D eigenvalue weighted by Gasteiger charge is -2.15. The average Bonchev–Trinajstić information content (AvgIpc) is 2.97. The molecule has 0 aliphatic rings. The average molecular weight is 258 g/mol. The maximum absolute atomic E-state index is 8.96. The number of furan rings is 1. The van der Waals surface area contributed by atoms with E-state index in [1.54, 1.807) is 6.20 Å². The van der Waals surface area contributed by atoms with Gasteiger partial charge in [0.15, 0.2) is 5.76 Å². The fourth-order valence-electron chi connectivity index (χ4n) is 1.78. The van der Waals surface area contributed by atoms with E-state index in [0.29, 0.717) is 13.1 Å². The Balaban J connectivity index is 2.03. The number of aromatic amines is 1. The second-order valence-corrected chi connectivity index (χ2v) is 5.28. The van der Waals surface area contributed by atoms with Crippen LogP contribution in [0.3, 0.4) is 0 Å². The van der Waals surface area contributed by atoms with Crippen molar-refractivity contribution in [2.75, 3.05) is 6.54 Å². The molecule has 0 fully saturated rings. The molecule has 0 saturated heterocycles. The second kappa shape index (κ2) is 5.29. The molecule has 0 bridgehead atoms. The molecule has 0 spiro atoms. The third-order valence-corrected chi connectivity index (χ3v) is 2.89. The summed E-state index contributed by atoms with van der Waals surface area (Å²) in [5.74, 6) is 1.65. The zero-order valence-electron chi connectivity index (χ0n) is 11.4. The zero-order chi connectivity index (χ0) is 13.9. The highest BCUT2D eigenvalue weighted by Crippen LogP contribution is 2.23. The van der Waals surface area contributed by atoms with Gasteiger partial charge in [0.25, 0.3) is 0 Å². The lowest BCUT2D eigenvalue weighted by molar-refractivity contribution is 0.445. The SMILES string of the molecule is Cc1ccc(-c2[nH]ncc2CNCC(C)(C)C#N)o1. The summed E-state index contributed by atoms with van der Waals surface area (Å²) in [6, 6.07) is 6.11. The molecule has 5 nitrogen and oxygen atoms in total. The maximum Gasteiger partial charge on any atom is 0.152 e. The van der Waals surface area contributed by atoms with E-state index in [1.807, 2.05) is 32.9 Å². The maximum atomic E-state index is 8.96. The number of aryl methyl sites for hydroxylation is 1. The van der Waals surface area contributed by atoms with Gasteiger partial charge in [-0.3, -0.25) is 5.10 Å². The second-order valence-electron chi connectivity index (χ2n) is 5.28. The largest absolute Gasteiger partial charge is 0.460 e. The summed E-state index contributed by atoms with van der Waals surface area (Å²) in [4.78, 5) is 0. The summed E-state index contributed by atoms with van der Waals surface area (Å²) in [7, 11) is 0. The quantitative estimate of drug-likeness (QED) is 0.864. The van der Waals surface area contributed by atoms with Crippen LogP contribution in [0.4, 0.5) is 0 Å². The van der Waals surface area contributed by atoms with Gasteiger partial charge < -0.3 is 9.73 Å². The van der Waals surface area contributed by atoms with Crippen LogP contribution in [-0.2, 0) is 6.54 Å². The van der Waals surface area contributed by atoms with Crippen LogP contribution in [0.25, 0.3) is 11.5 Å². The molecule has 0 aromatic carbocycles. The van der Waals surface area contributed by atoms with E-state index in [9.17, 15) is 0 Å². The normalized spacial score (nSPS) is 11.5. The Bertz CT molecular complexity index is 589. The molecule has 0 unspecified atom stereocenters. The van der Waals surface area contributed by atoms with Gasteiger partial charge in [0.05, 0.1) is 17.7 Å². The van der Waals surface area contributed by atoms with Crippen molar-refractivity contribution in [1.29, 1.82) is 5.26 Å². The number of nitrogens with one attached hydrogen (secondary N) is 2. The number of nitrogens with zero attached hydrogens (tertiary/aromatic N) is 2. The molecular formula is C14H18N4O. The van der Waals surface area contributed by atoms with Gasteiger partial charge in [-0.1, -0.05) is 0 Å². The standard InChI is InChI=1S/C14H18N4O/c1-10-4-5-12(19-10)13-11(7-17-18-13)6-16-9-14(2,3)8-15/h4-5,7,16H,6,9H2,1-3H3,(H,17,18). The minimum absolute atomic E-state index is 0.370. The third kappa shape index (κ3) is 3.24. The Morgan fingerprint density at radius 3 is 2.89 bits per heavy atom. The Labute approximate surface area is 112 Å². The summed E-state index contributed by atoms with van der Waals surface area (Å²) in [6.07, 6.45) is 1.78. The highest BCUT2D eigenvalue weighted by atomic mass is 16.3. The molecular weight excluding hydrogens is 240 g/mol. The summed E-state index contributed by atoms with van der Waals surface area (Å²) >= 11 is 0. The van der Waals surface area contributed by atoms with Crippen molar-refractivity contribution in [3.63, 3.8) is 0 Å². The smallest absolute Gasteiger partial charge is 0.152 e. The van der Waals surface area contributed by atoms with E-state index >= 15 is 0 Å². The van der Waals surface area contributed by atoms with Gasteiger partial charge in [-0.2, -0.15) is 10.4 Å². The molecule has 5 heteroatoms. The van der Waals surface area contributed by atoms with E-state index in [4.69, 9.17) is 9.68 Å². The first-order valence-electron chi connectivity index (χ1n) is 6.23. The van der Waals surface area contributed by atoms with Crippen LogP contribution in [0.5, 0.6) is 0 Å². The van der Waals surface area contributed by atoms with Gasteiger partial charge in [-0.15, -0.1) is 0 Å². The van der Waals surface area contributed by atoms with Crippen molar-refractivity contribution in [3.05, 3.63) is 29.7 Å². The predicted molar refractivity (Wildman–Crippen MR) is 72.1 cm³/mol. The Hall–Kier alpha value is -2.06. The number of hydrogen-bond acceptors (Lipinski definition) is 4. The number of H-pyrrole nitrogens is 1. The van der Waals surface area contributed by atoms with Crippen LogP contribution in [-0.4, -0.2) is 16.7 Å². The van der Waals surface area contributed by atoms with Crippen molar-refractivity contribution < 1.29 is 4.42 Å². The van der Waals surface area contributed by atoms with Crippen molar-refractivity contribution >= 4 is 0 Å². The molecule has 0 aliphatic carbocycles. The number of hydrogen-bond donors (Lipinski definition) is 2. The highest BCUT2D eigenvalue weighted by Gasteiger charge is 2.17. The first-order chi connectivity index (χ1) is 9.02. The molecule has 2 aromatic heterocycles. The minimum atomic E-state index is -0.370. The summed E-state index contributed by atoms with van der Waals surface area (Å²) in [5.41, 5.74) is 1.55. The third-order valence-electron chi connectivity index (χ3n) is 2.89. The van der Waals surface area contributed by atoms with Crippen molar-refractivity contribution in [2.45, 2.75) is 27.3 Å². The molecule has 2 rings (SSSR count). The minimum Gasteiger partial charge on any atom is -0.460 e. The van der Waals surface area contributed by atoms with E-state index in [-0.39, 0.29) is 5.41 Å². The van der Waals surface area contributed by atoms with Gasteiger partial charge in [-0.05, 0) is 32.9 Å². The van der Waals surface area contributed by atoms with E-state index < -0.39 is 0 Å². The van der Waals surface area contributed by atoms with Crippen molar-refractivity contribution in [3.8, 4) is 17.5 Å². The zero-order valence-corrected chi connectivity index (χ0v) is 11.4. The van der Waals surface area contributed by atoms with Crippen LogP contribution in [0.2, 0.25) is 0 Å². The van der Waals surface area contributed by atoms with Crippen molar-refractivity contribution in [1.82, 2.24) is 15.5 Å². The van der Waals surface area contributed by atoms with E-state index in [0.717, 1.165) is 22.8 Å². The number of nitriles is 1. The highest BCUT2D eigenvalue weighted by molar-refractivity contribution is 5.56. The Morgan fingerprint density at radius 1 is 1.47 bits per heavy atom. The molecule has 2 heterocycles. The van der Waals surface area contributed by atoms with Crippen LogP contribution in [0, 0.1) is 23.7 Å². The van der Waals surface area contributed by atoms with Gasteiger partial charge in [0.1, 0.15) is 11.5 Å². The molecule has 0 aliphatic heterocycles. The van der Waals surface area contributed by atoms with E-state index in [1.165, 1.54) is 0 Å². The van der Waals surface area contributed by atoms with Crippen LogP contribution >= 0.6 is 0 Å². The summed E-state index contributed by atoms with van der Waals surface area (Å²) in [6.45, 7) is 7.01. The molecule has 2 N–H and O–H groups in total. The Morgan fingerprint density at radius 2 is 2.26 bits per heavy atom. The molecule has 100 valence electrons. The topological polar surface area (TPSA) is 77.6 Å². The first-order valence-corrected chi connectivity index (χ1v) is 6.23. The number of rotatable bonds is 5. The molecule has 0 atom stereocenters. The fraction of sp³-hybridized carbons (Fsp3) is 0.429. The lowest BCUT2D eigenvalue weighted by atomic mass is 9.96. The fourth-order valence-corrected chi connectivity index (χ4v) is 1.78. The van der Waals surface area contributed by atoms with Crippen molar-refractivity contribution in [2.24, 2.45) is 5.41 Å². The Kier molecular flexibility index (Phi) is 3.72. The van der Waals surface area contributed by atoms with Gasteiger partial charge in [-0.25, -0.2) is 0 Å². The van der Waals surface area contributed by atoms with Crippen LogP contribution in [0.15, 0.2) is 22.7 Å². The molecule has 0 amide bonds. The van der Waals surface area contributed by atoms with Gasteiger partial charge in [0, 0.05) is 18.7 Å². The van der Waals surface area contributed by atoms with E-state index in [2.05, 4.69) is 21.6 Å². The summed E-state index contributed by atoms with van der Waals surface area (Å²) in [5, 5.41) is 19.2. The summed E-state index contributed by atoms with van der Waals surface area (Å²) < 4.78 is 5.59. The first kappa shape index (κ1) is 13.4. The molecule has 2 aromatic rings. The molecule has 0 saturated carbocycles. The monoisotopic (exact) mass is 258 g/mol. The van der Waals surface area contributed by atoms with Crippen LogP contribution in [0.1, 0.15) is 25.2 Å². The van der Waals surface area contributed by atoms with Crippen LogP contribution < -0.4 is 5.32 Å². The van der Waals surface area contributed by atoms with Gasteiger partial charge >= 0.3 is 0 Å². The molecule has 0 radical (unpaired) electrons. The number of aromatic nitrogens is 2.